The van der Waals surface area contributed by atoms with Gasteiger partial charge in [0.05, 0.1) is 4.90 Å². The van der Waals surface area contributed by atoms with Crippen LogP contribution >= 0.6 is 0 Å². The third-order valence-corrected chi connectivity index (χ3v) is 3.41. The number of hydrogen-bond acceptors (Lipinski definition) is 5. The molecule has 1 aromatic carbocycles. The Morgan fingerprint density at radius 2 is 1.39 bits per heavy atom. The molecule has 11 heteroatoms. The van der Waals surface area contributed by atoms with E-state index in [0.29, 0.717) is 24.3 Å². The third kappa shape index (κ3) is 3.32. The highest BCUT2D eigenvalue weighted by molar-refractivity contribution is 7.88. The van der Waals surface area contributed by atoms with Crippen LogP contribution in [-0.4, -0.2) is 22.3 Å². The first-order valence-electron chi connectivity index (χ1n) is 3.99. The van der Waals surface area contributed by atoms with Crippen LogP contribution in [0.4, 0.5) is 17.1 Å². The number of halogens is 4. The lowest BCUT2D eigenvalue weighted by atomic mass is 10.3. The highest BCUT2D eigenvalue weighted by Gasteiger charge is 2.48. The summed E-state index contributed by atoms with van der Waals surface area (Å²) < 4.78 is 93.7. The van der Waals surface area contributed by atoms with Crippen molar-refractivity contribution in [2.24, 2.45) is 0 Å². The zero-order valence-corrected chi connectivity index (χ0v) is 9.81. The summed E-state index contributed by atoms with van der Waals surface area (Å²) in [5, 5.41) is 0. The maximum atomic E-state index is 12.4. The lowest BCUT2D eigenvalue weighted by Crippen LogP contribution is -2.28. The molecule has 0 radical (unpaired) electrons. The maximum Gasteiger partial charge on any atom is 0.534 e. The highest BCUT2D eigenvalue weighted by atomic mass is 32.3. The van der Waals surface area contributed by atoms with Gasteiger partial charge in [-0.2, -0.15) is 30.0 Å². The van der Waals surface area contributed by atoms with Crippen molar-refractivity contribution >= 4 is 20.3 Å². The predicted octanol–water partition coefficient (Wildman–Crippen LogP) is 1.57. The van der Waals surface area contributed by atoms with E-state index >= 15 is 0 Å². The van der Waals surface area contributed by atoms with Crippen LogP contribution in [0, 0.1) is 0 Å². The Balaban J connectivity index is 3.03. The molecule has 0 amide bonds. The predicted molar refractivity (Wildman–Crippen MR) is 50.3 cm³/mol. The Kier molecular flexibility index (Phi) is 3.58. The van der Waals surface area contributed by atoms with Gasteiger partial charge in [0, 0.05) is 0 Å². The van der Waals surface area contributed by atoms with Gasteiger partial charge in [0.1, 0.15) is 5.75 Å². The van der Waals surface area contributed by atoms with Gasteiger partial charge in [-0.05, 0) is 24.3 Å². The first kappa shape index (κ1) is 14.7. The van der Waals surface area contributed by atoms with E-state index in [2.05, 4.69) is 4.18 Å². The quantitative estimate of drug-likeness (QED) is 0.367. The first-order valence-corrected chi connectivity index (χ1v) is 6.78. The van der Waals surface area contributed by atoms with Crippen LogP contribution in [-0.2, 0) is 20.3 Å². The molecule has 0 bridgehead atoms. The molecule has 0 saturated heterocycles. The summed E-state index contributed by atoms with van der Waals surface area (Å²) in [4.78, 5) is -0.834. The topological polar surface area (TPSA) is 77.5 Å². The Morgan fingerprint density at radius 3 is 1.72 bits per heavy atom. The van der Waals surface area contributed by atoms with Gasteiger partial charge in [-0.15, -0.1) is 3.89 Å². The molecule has 0 aliphatic carbocycles. The van der Waals surface area contributed by atoms with Crippen LogP contribution in [0.25, 0.3) is 0 Å². The van der Waals surface area contributed by atoms with Gasteiger partial charge in [-0.3, -0.25) is 0 Å². The molecule has 0 saturated carbocycles. The number of alkyl halides is 3. The molecule has 0 atom stereocenters. The second-order valence-corrected chi connectivity index (χ2v) is 5.78. The monoisotopic (exact) mass is 308 g/mol. The molecule has 0 aromatic heterocycles. The van der Waals surface area contributed by atoms with Crippen molar-refractivity contribution in [3.63, 3.8) is 0 Å². The van der Waals surface area contributed by atoms with Crippen molar-refractivity contribution in [1.29, 1.82) is 0 Å². The van der Waals surface area contributed by atoms with Crippen LogP contribution < -0.4 is 4.18 Å². The summed E-state index contributed by atoms with van der Waals surface area (Å²) >= 11 is 0. The van der Waals surface area contributed by atoms with Crippen LogP contribution in [0.3, 0.4) is 0 Å². The minimum absolute atomic E-state index is 0.566. The molecule has 0 fully saturated rings. The van der Waals surface area contributed by atoms with Crippen molar-refractivity contribution in [2.75, 3.05) is 0 Å². The molecule has 0 unspecified atom stereocenters. The molecular weight excluding hydrogens is 304 g/mol. The van der Waals surface area contributed by atoms with Gasteiger partial charge in [0.25, 0.3) is 0 Å². The van der Waals surface area contributed by atoms with Crippen LogP contribution in [0.2, 0.25) is 0 Å². The van der Waals surface area contributed by atoms with Gasteiger partial charge in [0.2, 0.25) is 0 Å². The molecule has 5 nitrogen and oxygen atoms in total. The molecule has 1 rings (SSSR count). The van der Waals surface area contributed by atoms with E-state index in [1.165, 1.54) is 0 Å². The Morgan fingerprint density at radius 1 is 0.944 bits per heavy atom. The van der Waals surface area contributed by atoms with Crippen molar-refractivity contribution in [3.8, 4) is 5.75 Å². The minimum atomic E-state index is -5.84. The zero-order chi connectivity index (χ0) is 14.2. The third-order valence-electron chi connectivity index (χ3n) is 1.59. The smallest absolute Gasteiger partial charge is 0.376 e. The fourth-order valence-electron chi connectivity index (χ4n) is 0.832. The molecule has 0 spiro atoms. The first-order chi connectivity index (χ1) is 7.93. The van der Waals surface area contributed by atoms with Gasteiger partial charge >= 0.3 is 25.8 Å². The second kappa shape index (κ2) is 4.39. The molecule has 0 aliphatic heterocycles. The highest BCUT2D eigenvalue weighted by Crippen LogP contribution is 2.27. The number of hydrogen-bond donors (Lipinski definition) is 0. The van der Waals surface area contributed by atoms with E-state index in [4.69, 9.17) is 0 Å². The zero-order valence-electron chi connectivity index (χ0n) is 8.18. The maximum absolute atomic E-state index is 12.4. The van der Waals surface area contributed by atoms with Crippen molar-refractivity contribution < 1.29 is 38.1 Å². The standard InChI is InChI=1S/C7H4F4O5S2/c8-7(9,10)18(14,15)16-5-1-3-6(4-2-5)17(11,12)13/h1-4H. The number of rotatable bonds is 3. The molecule has 18 heavy (non-hydrogen) atoms. The van der Waals surface area contributed by atoms with Gasteiger partial charge in [-0.1, -0.05) is 0 Å². The van der Waals surface area contributed by atoms with E-state index in [0.717, 1.165) is 0 Å². The molecule has 1 aromatic rings. The minimum Gasteiger partial charge on any atom is -0.376 e. The van der Waals surface area contributed by atoms with Crippen LogP contribution in [0.1, 0.15) is 0 Å². The Bertz CT molecular complexity index is 629. The fourth-order valence-corrected chi connectivity index (χ4v) is 1.75. The van der Waals surface area contributed by atoms with Gasteiger partial charge in [-0.25, -0.2) is 0 Å². The van der Waals surface area contributed by atoms with E-state index in [1.54, 1.807) is 0 Å². The van der Waals surface area contributed by atoms with Crippen LogP contribution in [0.15, 0.2) is 29.2 Å². The molecule has 0 heterocycles. The van der Waals surface area contributed by atoms with Gasteiger partial charge in [0.15, 0.2) is 0 Å². The van der Waals surface area contributed by atoms with E-state index in [9.17, 15) is 33.9 Å². The summed E-state index contributed by atoms with van der Waals surface area (Å²) in [6.07, 6.45) is 0. The Hall–Kier alpha value is -1.36. The largest absolute Gasteiger partial charge is 0.534 e. The Labute approximate surface area is 99.3 Å². The van der Waals surface area contributed by atoms with Crippen molar-refractivity contribution in [2.45, 2.75) is 10.4 Å². The van der Waals surface area contributed by atoms with Crippen molar-refractivity contribution in [1.82, 2.24) is 0 Å². The average molecular weight is 308 g/mol. The summed E-state index contributed by atoms with van der Waals surface area (Å²) in [6.45, 7) is 0. The summed E-state index contributed by atoms with van der Waals surface area (Å²) in [5.74, 6) is -0.792. The fraction of sp³-hybridized carbons (Fsp3) is 0.143. The lowest BCUT2D eigenvalue weighted by Gasteiger charge is -2.09. The SMILES string of the molecule is O=S(=O)(F)c1ccc(OS(=O)(=O)C(F)(F)F)cc1. The molecule has 0 N–H and O–H groups in total. The van der Waals surface area contributed by atoms with Crippen LogP contribution in [0.5, 0.6) is 5.75 Å². The molecular formula is C7H4F4O5S2. The number of benzene rings is 1. The normalized spacial score (nSPS) is 13.3. The average Bonchev–Trinajstić information content (AvgIpc) is 2.14. The van der Waals surface area contributed by atoms with Crippen molar-refractivity contribution in [3.05, 3.63) is 24.3 Å². The van der Waals surface area contributed by atoms with E-state index in [-0.39, 0.29) is 0 Å². The lowest BCUT2D eigenvalue weighted by molar-refractivity contribution is -0.0500. The van der Waals surface area contributed by atoms with Gasteiger partial charge < -0.3 is 4.18 Å². The molecule has 0 aliphatic rings. The molecule has 102 valence electrons. The van der Waals surface area contributed by atoms with E-state index in [1.807, 2.05) is 0 Å². The second-order valence-electron chi connectivity index (χ2n) is 2.89. The summed E-state index contributed by atoms with van der Waals surface area (Å²) in [7, 11) is -10.9. The summed E-state index contributed by atoms with van der Waals surface area (Å²) in [6, 6.07) is 2.29. The summed E-state index contributed by atoms with van der Waals surface area (Å²) in [5.41, 5.74) is -5.61. The van der Waals surface area contributed by atoms with E-state index < -0.39 is 36.5 Å².